The van der Waals surface area contributed by atoms with E-state index in [1.54, 1.807) is 30.1 Å². The zero-order valence-corrected chi connectivity index (χ0v) is 8.52. The van der Waals surface area contributed by atoms with Crippen LogP contribution in [0.4, 0.5) is 5.69 Å². The first-order valence-corrected chi connectivity index (χ1v) is 4.43. The SMILES string of the molecule is COC(=O)c1cc(N)cc2nn(C)cc12. The van der Waals surface area contributed by atoms with Crippen LogP contribution in [0.2, 0.25) is 0 Å². The Kier molecular flexibility index (Phi) is 2.07. The van der Waals surface area contributed by atoms with E-state index in [-0.39, 0.29) is 0 Å². The zero-order chi connectivity index (χ0) is 11.0. The quantitative estimate of drug-likeness (QED) is 0.555. The fraction of sp³-hybridized carbons (Fsp3) is 0.200. The summed E-state index contributed by atoms with van der Waals surface area (Å²) >= 11 is 0. The zero-order valence-electron chi connectivity index (χ0n) is 8.52. The van der Waals surface area contributed by atoms with Gasteiger partial charge in [0, 0.05) is 24.3 Å². The molecule has 0 saturated heterocycles. The average Bonchev–Trinajstić information content (AvgIpc) is 2.55. The number of anilines is 1. The van der Waals surface area contributed by atoms with Gasteiger partial charge in [-0.3, -0.25) is 4.68 Å². The summed E-state index contributed by atoms with van der Waals surface area (Å²) < 4.78 is 6.31. The molecule has 0 radical (unpaired) electrons. The Hall–Kier alpha value is -2.04. The molecular formula is C10H11N3O2. The second-order valence-corrected chi connectivity index (χ2v) is 3.30. The molecule has 0 saturated carbocycles. The Morgan fingerprint density at radius 2 is 2.27 bits per heavy atom. The molecule has 0 atom stereocenters. The molecule has 1 aromatic carbocycles. The number of carbonyl (C=O) groups excluding carboxylic acids is 1. The fourth-order valence-electron chi connectivity index (χ4n) is 1.54. The van der Waals surface area contributed by atoms with Crippen LogP contribution in [0.25, 0.3) is 10.9 Å². The predicted molar refractivity (Wildman–Crippen MR) is 56.5 cm³/mol. The molecule has 0 amide bonds. The van der Waals surface area contributed by atoms with Gasteiger partial charge < -0.3 is 10.5 Å². The molecule has 1 aromatic heterocycles. The number of esters is 1. The molecule has 0 spiro atoms. The van der Waals surface area contributed by atoms with Crippen molar-refractivity contribution >= 4 is 22.6 Å². The largest absolute Gasteiger partial charge is 0.465 e. The van der Waals surface area contributed by atoms with E-state index in [1.807, 2.05) is 0 Å². The minimum atomic E-state index is -0.402. The van der Waals surface area contributed by atoms with Gasteiger partial charge in [0.15, 0.2) is 0 Å². The number of aryl methyl sites for hydroxylation is 1. The Morgan fingerprint density at radius 1 is 1.53 bits per heavy atom. The van der Waals surface area contributed by atoms with E-state index >= 15 is 0 Å². The summed E-state index contributed by atoms with van der Waals surface area (Å²) in [5.74, 6) is -0.402. The van der Waals surface area contributed by atoms with Crippen molar-refractivity contribution < 1.29 is 9.53 Å². The van der Waals surface area contributed by atoms with Gasteiger partial charge in [-0.1, -0.05) is 0 Å². The summed E-state index contributed by atoms with van der Waals surface area (Å²) in [5.41, 5.74) is 7.31. The van der Waals surface area contributed by atoms with Crippen molar-refractivity contribution in [2.24, 2.45) is 7.05 Å². The molecule has 2 rings (SSSR count). The molecule has 0 aliphatic carbocycles. The van der Waals surface area contributed by atoms with Crippen molar-refractivity contribution in [1.82, 2.24) is 9.78 Å². The minimum absolute atomic E-state index is 0.402. The first kappa shape index (κ1) is 9.51. The summed E-state index contributed by atoms with van der Waals surface area (Å²) in [5, 5.41) is 4.93. The number of fused-ring (bicyclic) bond motifs is 1. The molecule has 15 heavy (non-hydrogen) atoms. The Morgan fingerprint density at radius 3 is 2.93 bits per heavy atom. The van der Waals surface area contributed by atoms with Crippen molar-refractivity contribution in [3.05, 3.63) is 23.9 Å². The molecule has 5 heteroatoms. The third kappa shape index (κ3) is 1.52. The Labute approximate surface area is 86.4 Å². The molecule has 0 bridgehead atoms. The number of ether oxygens (including phenoxy) is 1. The van der Waals surface area contributed by atoms with Gasteiger partial charge in [-0.25, -0.2) is 4.79 Å². The normalized spacial score (nSPS) is 10.5. The minimum Gasteiger partial charge on any atom is -0.465 e. The van der Waals surface area contributed by atoms with Crippen molar-refractivity contribution in [2.45, 2.75) is 0 Å². The predicted octanol–water partition coefficient (Wildman–Crippen LogP) is 0.942. The lowest BCUT2D eigenvalue weighted by Crippen LogP contribution is -2.02. The van der Waals surface area contributed by atoms with Gasteiger partial charge in [0.05, 0.1) is 18.2 Å². The highest BCUT2D eigenvalue weighted by Gasteiger charge is 2.13. The van der Waals surface area contributed by atoms with Crippen LogP contribution in [-0.4, -0.2) is 22.9 Å². The van der Waals surface area contributed by atoms with Crippen molar-refractivity contribution in [1.29, 1.82) is 0 Å². The van der Waals surface area contributed by atoms with Crippen molar-refractivity contribution in [3.8, 4) is 0 Å². The van der Waals surface area contributed by atoms with Crippen LogP contribution in [0, 0.1) is 0 Å². The lowest BCUT2D eigenvalue weighted by Gasteiger charge is -2.01. The van der Waals surface area contributed by atoms with Gasteiger partial charge in [-0.15, -0.1) is 0 Å². The summed E-state index contributed by atoms with van der Waals surface area (Å²) in [6, 6.07) is 3.32. The number of nitrogens with zero attached hydrogens (tertiary/aromatic N) is 2. The standard InChI is InChI=1S/C10H11N3O2/c1-13-5-8-7(10(14)15-2)3-6(11)4-9(8)12-13/h3-5H,11H2,1-2H3. The van der Waals surface area contributed by atoms with Gasteiger partial charge in [0.25, 0.3) is 0 Å². The summed E-state index contributed by atoms with van der Waals surface area (Å²) in [4.78, 5) is 11.5. The van der Waals surface area contributed by atoms with E-state index in [9.17, 15) is 4.79 Å². The number of carbonyl (C=O) groups is 1. The maximum atomic E-state index is 11.5. The van der Waals surface area contributed by atoms with Gasteiger partial charge in [-0.05, 0) is 12.1 Å². The van der Waals surface area contributed by atoms with Gasteiger partial charge in [-0.2, -0.15) is 5.10 Å². The molecule has 0 unspecified atom stereocenters. The Balaban J connectivity index is 2.75. The molecule has 2 aromatic rings. The maximum absolute atomic E-state index is 11.5. The number of nitrogen functional groups attached to an aromatic ring is 1. The number of hydrogen-bond donors (Lipinski definition) is 1. The number of nitrogens with two attached hydrogens (primary N) is 1. The van der Waals surface area contributed by atoms with Gasteiger partial charge >= 0.3 is 5.97 Å². The van der Waals surface area contributed by atoms with E-state index in [1.165, 1.54) is 7.11 Å². The first-order valence-electron chi connectivity index (χ1n) is 4.43. The number of aromatic nitrogens is 2. The van der Waals surface area contributed by atoms with E-state index < -0.39 is 5.97 Å². The lowest BCUT2D eigenvalue weighted by atomic mass is 10.1. The number of hydrogen-bond acceptors (Lipinski definition) is 4. The van der Waals surface area contributed by atoms with E-state index in [4.69, 9.17) is 5.73 Å². The highest BCUT2D eigenvalue weighted by atomic mass is 16.5. The number of benzene rings is 1. The number of methoxy groups -OCH3 is 1. The van der Waals surface area contributed by atoms with Crippen molar-refractivity contribution in [2.75, 3.05) is 12.8 Å². The summed E-state index contributed by atoms with van der Waals surface area (Å²) in [7, 11) is 3.13. The van der Waals surface area contributed by atoms with Crippen LogP contribution in [0.5, 0.6) is 0 Å². The fourth-order valence-corrected chi connectivity index (χ4v) is 1.54. The van der Waals surface area contributed by atoms with E-state index in [0.717, 1.165) is 5.39 Å². The molecule has 78 valence electrons. The molecule has 0 fully saturated rings. The van der Waals surface area contributed by atoms with Crippen LogP contribution in [0.15, 0.2) is 18.3 Å². The molecule has 0 aliphatic heterocycles. The van der Waals surface area contributed by atoms with Crippen molar-refractivity contribution in [3.63, 3.8) is 0 Å². The Bertz CT molecular complexity index is 531. The third-order valence-electron chi connectivity index (χ3n) is 2.17. The van der Waals surface area contributed by atoms with Crippen LogP contribution >= 0.6 is 0 Å². The van der Waals surface area contributed by atoms with Gasteiger partial charge in [0.2, 0.25) is 0 Å². The van der Waals surface area contributed by atoms with Crippen LogP contribution in [0.1, 0.15) is 10.4 Å². The highest BCUT2D eigenvalue weighted by Crippen LogP contribution is 2.21. The second kappa shape index (κ2) is 3.27. The number of rotatable bonds is 1. The monoisotopic (exact) mass is 205 g/mol. The molecule has 2 N–H and O–H groups in total. The molecule has 5 nitrogen and oxygen atoms in total. The summed E-state index contributed by atoms with van der Waals surface area (Å²) in [6.45, 7) is 0. The van der Waals surface area contributed by atoms with Crippen LogP contribution in [-0.2, 0) is 11.8 Å². The molecular weight excluding hydrogens is 194 g/mol. The third-order valence-corrected chi connectivity index (χ3v) is 2.17. The van der Waals surface area contributed by atoms with Gasteiger partial charge in [0.1, 0.15) is 0 Å². The van der Waals surface area contributed by atoms with Crippen LogP contribution in [0.3, 0.4) is 0 Å². The highest BCUT2D eigenvalue weighted by molar-refractivity contribution is 6.04. The summed E-state index contributed by atoms with van der Waals surface area (Å²) in [6.07, 6.45) is 1.76. The van der Waals surface area contributed by atoms with Crippen LogP contribution < -0.4 is 5.73 Å². The maximum Gasteiger partial charge on any atom is 0.338 e. The van der Waals surface area contributed by atoms with E-state index in [0.29, 0.717) is 16.8 Å². The second-order valence-electron chi connectivity index (χ2n) is 3.30. The molecule has 0 aliphatic rings. The first-order chi connectivity index (χ1) is 7.11. The smallest absolute Gasteiger partial charge is 0.338 e. The van der Waals surface area contributed by atoms with E-state index in [2.05, 4.69) is 9.84 Å². The lowest BCUT2D eigenvalue weighted by molar-refractivity contribution is 0.0603. The topological polar surface area (TPSA) is 70.1 Å². The average molecular weight is 205 g/mol. The molecule has 1 heterocycles.